The predicted octanol–water partition coefficient (Wildman–Crippen LogP) is 1.62. The molecule has 0 saturated carbocycles. The molecule has 2 N–H and O–H groups in total. The molecule has 3 aliphatic rings. The lowest BCUT2D eigenvalue weighted by atomic mass is 9.93. The number of carbonyl (C=O) groups is 2. The lowest BCUT2D eigenvalue weighted by Gasteiger charge is -2.26. The summed E-state index contributed by atoms with van der Waals surface area (Å²) < 4.78 is 5.65. The van der Waals surface area contributed by atoms with E-state index >= 15 is 0 Å². The minimum atomic E-state index is -0.392. The van der Waals surface area contributed by atoms with Crippen LogP contribution in [0.1, 0.15) is 30.0 Å². The summed E-state index contributed by atoms with van der Waals surface area (Å²) in [7, 11) is 0. The van der Waals surface area contributed by atoms with Gasteiger partial charge in [0.2, 0.25) is 0 Å². The molecule has 24 heavy (non-hydrogen) atoms. The minimum Gasteiger partial charge on any atom is -0.376 e. The van der Waals surface area contributed by atoms with Crippen LogP contribution in [0.5, 0.6) is 0 Å². The van der Waals surface area contributed by atoms with E-state index in [1.165, 1.54) is 0 Å². The Labute approximate surface area is 140 Å². The average Bonchev–Trinajstić information content (AvgIpc) is 3.16. The second kappa shape index (κ2) is 5.94. The number of hydrogen-bond acceptors (Lipinski definition) is 3. The lowest BCUT2D eigenvalue weighted by Crippen LogP contribution is -2.44. The first kappa shape index (κ1) is 15.2. The quantitative estimate of drug-likeness (QED) is 0.886. The van der Waals surface area contributed by atoms with Crippen molar-refractivity contribution in [2.45, 2.75) is 31.9 Å². The Kier molecular flexibility index (Phi) is 3.76. The van der Waals surface area contributed by atoms with Gasteiger partial charge in [-0.1, -0.05) is 24.3 Å². The highest BCUT2D eigenvalue weighted by Crippen LogP contribution is 2.34. The SMILES string of the molecule is Cc1ccccc1[C@H]1NC(=O)NC2=C1C(=O)N(C[C@@H]1CCCO1)C2. The van der Waals surface area contributed by atoms with Gasteiger partial charge in [-0.15, -0.1) is 0 Å². The summed E-state index contributed by atoms with van der Waals surface area (Å²) in [6.07, 6.45) is 2.14. The first-order valence-corrected chi connectivity index (χ1v) is 8.40. The highest BCUT2D eigenvalue weighted by Gasteiger charge is 2.41. The summed E-state index contributed by atoms with van der Waals surface area (Å²) in [5.41, 5.74) is 3.39. The summed E-state index contributed by atoms with van der Waals surface area (Å²) in [5, 5.41) is 5.71. The molecule has 2 atom stereocenters. The molecule has 1 fully saturated rings. The van der Waals surface area contributed by atoms with E-state index in [0.717, 1.165) is 36.3 Å². The lowest BCUT2D eigenvalue weighted by molar-refractivity contribution is -0.127. The molecule has 4 rings (SSSR count). The fourth-order valence-electron chi connectivity index (χ4n) is 3.75. The van der Waals surface area contributed by atoms with Crippen LogP contribution in [-0.2, 0) is 9.53 Å². The number of urea groups is 1. The Hall–Kier alpha value is -2.34. The van der Waals surface area contributed by atoms with Crippen molar-refractivity contribution in [1.82, 2.24) is 15.5 Å². The van der Waals surface area contributed by atoms with Gasteiger partial charge in [0, 0.05) is 13.2 Å². The van der Waals surface area contributed by atoms with Crippen LogP contribution in [-0.4, -0.2) is 42.6 Å². The molecule has 0 bridgehead atoms. The molecule has 6 heteroatoms. The molecule has 3 heterocycles. The van der Waals surface area contributed by atoms with Crippen molar-refractivity contribution in [1.29, 1.82) is 0 Å². The maximum atomic E-state index is 13.0. The van der Waals surface area contributed by atoms with Crippen molar-refractivity contribution in [3.8, 4) is 0 Å². The topological polar surface area (TPSA) is 70.7 Å². The highest BCUT2D eigenvalue weighted by atomic mass is 16.5. The number of hydrogen-bond donors (Lipinski definition) is 2. The van der Waals surface area contributed by atoms with E-state index in [2.05, 4.69) is 10.6 Å². The maximum Gasteiger partial charge on any atom is 0.319 e. The van der Waals surface area contributed by atoms with Gasteiger partial charge in [-0.05, 0) is 30.9 Å². The minimum absolute atomic E-state index is 0.0127. The number of rotatable bonds is 3. The van der Waals surface area contributed by atoms with Crippen LogP contribution in [0.15, 0.2) is 35.5 Å². The molecular formula is C18H21N3O3. The van der Waals surface area contributed by atoms with Gasteiger partial charge < -0.3 is 20.3 Å². The van der Waals surface area contributed by atoms with Crippen LogP contribution in [0, 0.1) is 6.92 Å². The monoisotopic (exact) mass is 327 g/mol. The van der Waals surface area contributed by atoms with Crippen LogP contribution in [0.4, 0.5) is 4.79 Å². The van der Waals surface area contributed by atoms with Gasteiger partial charge in [0.25, 0.3) is 5.91 Å². The molecule has 6 nitrogen and oxygen atoms in total. The maximum absolute atomic E-state index is 13.0. The van der Waals surface area contributed by atoms with E-state index in [0.29, 0.717) is 18.7 Å². The summed E-state index contributed by atoms with van der Waals surface area (Å²) in [5.74, 6) is -0.0127. The van der Waals surface area contributed by atoms with Gasteiger partial charge in [0.05, 0.1) is 30.0 Å². The van der Waals surface area contributed by atoms with Gasteiger partial charge in [-0.3, -0.25) is 4.79 Å². The van der Waals surface area contributed by atoms with Gasteiger partial charge in [-0.25, -0.2) is 4.79 Å². The first-order chi connectivity index (χ1) is 11.6. The molecule has 1 aromatic rings. The average molecular weight is 327 g/mol. The van der Waals surface area contributed by atoms with Crippen molar-refractivity contribution < 1.29 is 14.3 Å². The van der Waals surface area contributed by atoms with Crippen molar-refractivity contribution in [3.05, 3.63) is 46.7 Å². The van der Waals surface area contributed by atoms with E-state index in [-0.39, 0.29) is 18.0 Å². The van der Waals surface area contributed by atoms with E-state index in [4.69, 9.17) is 4.74 Å². The number of ether oxygens (including phenoxy) is 1. The molecule has 1 aromatic carbocycles. The standard InChI is InChI=1S/C18H21N3O3/c1-11-5-2-3-7-13(11)16-15-14(19-18(23)20-16)10-21(17(15)22)9-12-6-4-8-24-12/h2-3,5,7,12,16H,4,6,8-10H2,1H3,(H2,19,20,23)/t12-,16+/m0/s1. The first-order valence-electron chi connectivity index (χ1n) is 8.40. The Bertz CT molecular complexity index is 722. The van der Waals surface area contributed by atoms with Gasteiger partial charge >= 0.3 is 6.03 Å². The van der Waals surface area contributed by atoms with Crippen molar-refractivity contribution in [3.63, 3.8) is 0 Å². The van der Waals surface area contributed by atoms with E-state index in [1.807, 2.05) is 31.2 Å². The van der Waals surface area contributed by atoms with E-state index in [9.17, 15) is 9.59 Å². The summed E-state index contributed by atoms with van der Waals surface area (Å²) >= 11 is 0. The fraction of sp³-hybridized carbons (Fsp3) is 0.444. The molecule has 126 valence electrons. The second-order valence-electron chi connectivity index (χ2n) is 6.60. The predicted molar refractivity (Wildman–Crippen MR) is 88.2 cm³/mol. The third kappa shape index (κ3) is 2.57. The third-order valence-corrected chi connectivity index (χ3v) is 4.97. The molecule has 3 aliphatic heterocycles. The molecule has 0 radical (unpaired) electrons. The van der Waals surface area contributed by atoms with E-state index in [1.54, 1.807) is 4.90 Å². The number of benzene rings is 1. The van der Waals surface area contributed by atoms with Crippen LogP contribution in [0.3, 0.4) is 0 Å². The summed E-state index contributed by atoms with van der Waals surface area (Å²) in [6.45, 7) is 3.79. The van der Waals surface area contributed by atoms with Gasteiger partial charge in [0.1, 0.15) is 0 Å². The van der Waals surface area contributed by atoms with Crippen molar-refractivity contribution in [2.24, 2.45) is 0 Å². The normalized spacial score (nSPS) is 26.5. The van der Waals surface area contributed by atoms with E-state index < -0.39 is 6.04 Å². The molecule has 0 spiro atoms. The van der Waals surface area contributed by atoms with Crippen LogP contribution in [0.2, 0.25) is 0 Å². The zero-order valence-corrected chi connectivity index (χ0v) is 13.7. The number of aryl methyl sites for hydroxylation is 1. The second-order valence-corrected chi connectivity index (χ2v) is 6.60. The van der Waals surface area contributed by atoms with Crippen LogP contribution >= 0.6 is 0 Å². The van der Waals surface area contributed by atoms with Crippen molar-refractivity contribution >= 4 is 11.9 Å². The molecule has 3 amide bonds. The van der Waals surface area contributed by atoms with Crippen LogP contribution < -0.4 is 10.6 Å². The molecule has 0 unspecified atom stereocenters. The number of nitrogens with zero attached hydrogens (tertiary/aromatic N) is 1. The zero-order chi connectivity index (χ0) is 16.7. The summed E-state index contributed by atoms with van der Waals surface area (Å²) in [6, 6.07) is 7.20. The highest BCUT2D eigenvalue weighted by molar-refractivity contribution is 6.01. The third-order valence-electron chi connectivity index (χ3n) is 4.97. The molecular weight excluding hydrogens is 306 g/mol. The Morgan fingerprint density at radius 1 is 1.29 bits per heavy atom. The smallest absolute Gasteiger partial charge is 0.319 e. The number of carbonyl (C=O) groups excluding carboxylic acids is 2. The summed E-state index contributed by atoms with van der Waals surface area (Å²) in [4.78, 5) is 26.8. The number of amides is 3. The van der Waals surface area contributed by atoms with Crippen LogP contribution in [0.25, 0.3) is 0 Å². The number of nitrogens with one attached hydrogen (secondary N) is 2. The Morgan fingerprint density at radius 2 is 2.12 bits per heavy atom. The van der Waals surface area contributed by atoms with Crippen molar-refractivity contribution in [2.75, 3.05) is 19.7 Å². The van der Waals surface area contributed by atoms with Gasteiger partial charge in [-0.2, -0.15) is 0 Å². The molecule has 0 aliphatic carbocycles. The molecule has 0 aromatic heterocycles. The van der Waals surface area contributed by atoms with Gasteiger partial charge in [0.15, 0.2) is 0 Å². The fourth-order valence-corrected chi connectivity index (χ4v) is 3.75. The Balaban J connectivity index is 1.62. The zero-order valence-electron chi connectivity index (χ0n) is 13.7. The molecule has 1 saturated heterocycles. The largest absolute Gasteiger partial charge is 0.376 e. The Morgan fingerprint density at radius 3 is 2.88 bits per heavy atom.